The van der Waals surface area contributed by atoms with Gasteiger partial charge in [0.2, 0.25) is 0 Å². The van der Waals surface area contributed by atoms with Crippen molar-refractivity contribution in [3.8, 4) is 22.3 Å². The van der Waals surface area contributed by atoms with Gasteiger partial charge >= 0.3 is 285 Å². The van der Waals surface area contributed by atoms with Gasteiger partial charge in [-0.05, 0) is 0 Å². The van der Waals surface area contributed by atoms with Crippen LogP contribution in [-0.4, -0.2) is 0 Å². The Morgan fingerprint density at radius 1 is 0.543 bits per heavy atom. The number of rotatable bonds is 8. The van der Waals surface area contributed by atoms with Crippen molar-refractivity contribution in [3.63, 3.8) is 0 Å². The molecule has 0 N–H and O–H groups in total. The summed E-state index contributed by atoms with van der Waals surface area (Å²) < 4.78 is 6.83. The standard InChI is InChI=1S/C43H46.2CH3.Hf/c1-7-31-15-9-11-19-37(31)39-21-13-17-33-23-35(25-41(33)39)43(27-29(3)4,28-30(5)6)36-24-34-18-14-22-40(42(34)26-36)38-20-12-10-16-32(38)8-2;;;/h9-26,29-30H,7-8,27-28H2,1-6H3;2*1H3;. The predicted molar refractivity (Wildman–Crippen MR) is 197 cm³/mol. The zero-order valence-corrected chi connectivity index (χ0v) is 33.0. The van der Waals surface area contributed by atoms with Gasteiger partial charge < -0.3 is 0 Å². The molecule has 4 aromatic rings. The van der Waals surface area contributed by atoms with Gasteiger partial charge in [0.25, 0.3) is 0 Å². The number of fused-ring (bicyclic) bond motifs is 6. The van der Waals surface area contributed by atoms with Crippen LogP contribution >= 0.6 is 0 Å². The number of allylic oxidation sites excluding steroid dienone is 2. The fourth-order valence-electron chi connectivity index (χ4n) is 10.2. The van der Waals surface area contributed by atoms with Crippen LogP contribution in [-0.2, 0) is 32.8 Å². The molecule has 2 unspecified atom stereocenters. The second kappa shape index (κ2) is 12.0. The van der Waals surface area contributed by atoms with Crippen LogP contribution in [0.25, 0.3) is 34.4 Å². The van der Waals surface area contributed by atoms with Crippen LogP contribution in [0.4, 0.5) is 0 Å². The summed E-state index contributed by atoms with van der Waals surface area (Å²) in [5.74, 6) is 1.24. The molecule has 0 radical (unpaired) electrons. The summed E-state index contributed by atoms with van der Waals surface area (Å²) in [4.78, 5) is 0. The van der Waals surface area contributed by atoms with E-state index in [1.807, 2.05) is 0 Å². The summed E-state index contributed by atoms with van der Waals surface area (Å²) in [6.45, 7) is 14.5. The monoisotopic (exact) mass is 772 g/mol. The van der Waals surface area contributed by atoms with Crippen LogP contribution in [0.2, 0.25) is 9.36 Å². The third kappa shape index (κ3) is 4.86. The van der Waals surface area contributed by atoms with Gasteiger partial charge in [-0.1, -0.05) is 0 Å². The van der Waals surface area contributed by atoms with E-state index in [1.54, 1.807) is 22.3 Å². The quantitative estimate of drug-likeness (QED) is 0.157. The van der Waals surface area contributed by atoms with Crippen LogP contribution in [0.3, 0.4) is 0 Å². The first kappa shape index (κ1) is 31.8. The van der Waals surface area contributed by atoms with Crippen molar-refractivity contribution in [2.24, 2.45) is 17.3 Å². The molecular formula is C45H52Hf. The van der Waals surface area contributed by atoms with Crippen molar-refractivity contribution in [1.29, 1.82) is 0 Å². The van der Waals surface area contributed by atoms with Crippen molar-refractivity contribution in [1.82, 2.24) is 0 Å². The molecule has 4 aromatic carbocycles. The molecule has 2 atom stereocenters. The third-order valence-electron chi connectivity index (χ3n) is 11.6. The first-order chi connectivity index (χ1) is 22.1. The van der Waals surface area contributed by atoms with Gasteiger partial charge in [0.15, 0.2) is 0 Å². The zero-order valence-electron chi connectivity index (χ0n) is 29.4. The minimum atomic E-state index is -3.17. The minimum absolute atomic E-state index is 0.0777. The Balaban J connectivity index is 1.52. The van der Waals surface area contributed by atoms with Gasteiger partial charge in [-0.3, -0.25) is 0 Å². The molecule has 3 aliphatic rings. The van der Waals surface area contributed by atoms with E-state index in [-0.39, 0.29) is 5.41 Å². The van der Waals surface area contributed by atoms with Gasteiger partial charge in [0, 0.05) is 0 Å². The van der Waals surface area contributed by atoms with E-state index in [0.29, 0.717) is 19.2 Å². The van der Waals surface area contributed by atoms with Crippen molar-refractivity contribution in [2.75, 3.05) is 0 Å². The van der Waals surface area contributed by atoms with Crippen LogP contribution in [0.1, 0.15) is 95.1 Å². The van der Waals surface area contributed by atoms with Gasteiger partial charge in [0.05, 0.1) is 0 Å². The average molecular weight is 771 g/mol. The Labute approximate surface area is 283 Å². The number of benzene rings is 4. The van der Waals surface area contributed by atoms with Crippen molar-refractivity contribution >= 4 is 12.2 Å². The molecule has 236 valence electrons. The molecule has 0 bridgehead atoms. The Hall–Kier alpha value is -2.77. The first-order valence-corrected chi connectivity index (χ1v) is 29.3. The summed E-state index contributed by atoms with van der Waals surface area (Å²) in [5.41, 5.74) is 18.6. The van der Waals surface area contributed by atoms with E-state index in [1.165, 1.54) is 57.3 Å². The van der Waals surface area contributed by atoms with Crippen molar-refractivity contribution in [2.45, 2.75) is 83.9 Å². The van der Waals surface area contributed by atoms with Crippen LogP contribution in [0, 0.1) is 17.3 Å². The fourth-order valence-corrected chi connectivity index (χ4v) is 27.3. The zero-order chi connectivity index (χ0) is 32.4. The number of aryl methyl sites for hydroxylation is 2. The van der Waals surface area contributed by atoms with Crippen molar-refractivity contribution < 1.29 is 20.0 Å². The molecule has 0 nitrogen and oxygen atoms in total. The summed E-state index contributed by atoms with van der Waals surface area (Å²) in [6.07, 6.45) is 10.1. The van der Waals surface area contributed by atoms with E-state index in [4.69, 9.17) is 0 Å². The Morgan fingerprint density at radius 3 is 1.33 bits per heavy atom. The summed E-state index contributed by atoms with van der Waals surface area (Å²) >= 11 is -3.17. The molecule has 46 heavy (non-hydrogen) atoms. The van der Waals surface area contributed by atoms with E-state index >= 15 is 0 Å². The van der Waals surface area contributed by atoms with Gasteiger partial charge in [-0.25, -0.2) is 0 Å². The number of hydrogen-bond acceptors (Lipinski definition) is 0. The maximum atomic E-state index is 2.81. The Kier molecular flexibility index (Phi) is 8.32. The molecule has 0 saturated carbocycles. The normalized spacial score (nSPS) is 20.2. The van der Waals surface area contributed by atoms with E-state index < -0.39 is 20.0 Å². The Bertz CT molecular complexity index is 1730. The molecule has 0 aromatic heterocycles. The molecule has 1 heterocycles. The van der Waals surface area contributed by atoms with E-state index in [2.05, 4.69) is 148 Å². The average Bonchev–Trinajstić information content (AvgIpc) is 3.65. The number of hydrogen-bond donors (Lipinski definition) is 0. The summed E-state index contributed by atoms with van der Waals surface area (Å²) in [5, 5.41) is 0. The van der Waals surface area contributed by atoms with E-state index in [0.717, 1.165) is 12.8 Å². The fraction of sp³-hybridized carbons (Fsp3) is 0.378. The van der Waals surface area contributed by atoms with Crippen molar-refractivity contribution in [3.05, 3.63) is 129 Å². The van der Waals surface area contributed by atoms with Gasteiger partial charge in [0.1, 0.15) is 0 Å². The molecule has 1 aliphatic heterocycles. The van der Waals surface area contributed by atoms with Crippen LogP contribution < -0.4 is 0 Å². The first-order valence-electron chi connectivity index (χ1n) is 18.0. The molecule has 0 amide bonds. The topological polar surface area (TPSA) is 0 Å². The molecule has 2 aliphatic carbocycles. The molecule has 7 rings (SSSR count). The maximum absolute atomic E-state index is 3.17. The Morgan fingerprint density at radius 2 is 0.935 bits per heavy atom. The van der Waals surface area contributed by atoms with Crippen LogP contribution in [0.15, 0.2) is 96.1 Å². The predicted octanol–water partition coefficient (Wildman–Crippen LogP) is 13.1. The SMILES string of the molecule is CCc1ccccc1-c1cccc2c1C=C1[CH]2[Hf]([CH3])([CH3])[CH]2C(=Cc3c(-c4ccccc4CC)cccc32)C1(CC(C)C)CC(C)C. The second-order valence-corrected chi connectivity index (χ2v) is 33.0. The molecule has 1 heteroatoms. The molecular weight excluding hydrogens is 719 g/mol. The third-order valence-corrected chi connectivity index (χ3v) is 26.8. The molecule has 1 saturated heterocycles. The molecule has 0 spiro atoms. The summed E-state index contributed by atoms with van der Waals surface area (Å²) in [7, 11) is 0. The van der Waals surface area contributed by atoms with Gasteiger partial charge in [-0.2, -0.15) is 0 Å². The second-order valence-electron chi connectivity index (χ2n) is 15.8. The summed E-state index contributed by atoms with van der Waals surface area (Å²) in [6, 6.07) is 32.9. The van der Waals surface area contributed by atoms with E-state index in [9.17, 15) is 0 Å². The van der Waals surface area contributed by atoms with Crippen LogP contribution in [0.5, 0.6) is 0 Å². The van der Waals surface area contributed by atoms with Gasteiger partial charge in [-0.15, -0.1) is 0 Å². The molecule has 1 fully saturated rings.